The Bertz CT molecular complexity index is 477. The smallest absolute Gasteiger partial charge is 0.101 e. The summed E-state index contributed by atoms with van der Waals surface area (Å²) in [7, 11) is 0. The van der Waals surface area contributed by atoms with Crippen LogP contribution in [0.5, 0.6) is 0 Å². The third kappa shape index (κ3) is 2.21. The van der Waals surface area contributed by atoms with Crippen LogP contribution in [-0.2, 0) is 0 Å². The van der Waals surface area contributed by atoms with E-state index in [0.29, 0.717) is 8.67 Å². The maximum absolute atomic E-state index is 6.05. The van der Waals surface area contributed by atoms with Gasteiger partial charge < -0.3 is 10.2 Å². The number of hydrogen-bond donors (Lipinski definition) is 1. The predicted molar refractivity (Wildman–Crippen MR) is 63.8 cm³/mol. The highest BCUT2D eigenvalue weighted by Gasteiger charge is 2.17. The third-order valence-corrected chi connectivity index (χ3v) is 3.65. The van der Waals surface area contributed by atoms with Gasteiger partial charge in [-0.25, -0.2) is 0 Å². The first-order valence-corrected chi connectivity index (χ1v) is 5.90. The molecule has 0 saturated carbocycles. The van der Waals surface area contributed by atoms with Gasteiger partial charge in [0.15, 0.2) is 0 Å². The standard InChI is InChI=1S/C10H9Cl2NOS/c1-5-2-6(4-14-5)9(13)7-3-8(11)15-10(7)12/h2-4,9H,13H2,1H3. The Morgan fingerprint density at radius 2 is 2.13 bits per heavy atom. The first-order chi connectivity index (χ1) is 7.08. The molecule has 0 spiro atoms. The van der Waals surface area contributed by atoms with Crippen LogP contribution in [-0.4, -0.2) is 0 Å². The fourth-order valence-electron chi connectivity index (χ4n) is 1.37. The van der Waals surface area contributed by atoms with Crippen LogP contribution >= 0.6 is 34.5 Å². The van der Waals surface area contributed by atoms with Crippen molar-refractivity contribution in [3.8, 4) is 0 Å². The van der Waals surface area contributed by atoms with E-state index in [9.17, 15) is 0 Å². The second kappa shape index (κ2) is 4.18. The molecule has 2 nitrogen and oxygen atoms in total. The fraction of sp³-hybridized carbons (Fsp3) is 0.200. The lowest BCUT2D eigenvalue weighted by Crippen LogP contribution is -2.10. The molecule has 0 radical (unpaired) electrons. The van der Waals surface area contributed by atoms with E-state index < -0.39 is 0 Å². The topological polar surface area (TPSA) is 39.2 Å². The van der Waals surface area contributed by atoms with E-state index in [1.54, 1.807) is 12.3 Å². The van der Waals surface area contributed by atoms with Crippen molar-refractivity contribution in [2.75, 3.05) is 0 Å². The second-order valence-electron chi connectivity index (χ2n) is 3.25. The molecule has 0 amide bonds. The first-order valence-electron chi connectivity index (χ1n) is 4.33. The second-order valence-corrected chi connectivity index (χ2v) is 5.53. The van der Waals surface area contributed by atoms with Crippen LogP contribution in [0.1, 0.15) is 22.9 Å². The van der Waals surface area contributed by atoms with Crippen LogP contribution < -0.4 is 5.73 Å². The summed E-state index contributed by atoms with van der Waals surface area (Å²) in [5, 5.41) is 0. The molecule has 0 bridgehead atoms. The van der Waals surface area contributed by atoms with Gasteiger partial charge in [0.2, 0.25) is 0 Å². The summed E-state index contributed by atoms with van der Waals surface area (Å²) in [6.45, 7) is 1.87. The van der Waals surface area contributed by atoms with Gasteiger partial charge in [0.25, 0.3) is 0 Å². The van der Waals surface area contributed by atoms with Crippen LogP contribution in [0.2, 0.25) is 8.67 Å². The molecule has 80 valence electrons. The van der Waals surface area contributed by atoms with Crippen LogP contribution in [0.25, 0.3) is 0 Å². The Balaban J connectivity index is 2.35. The number of aryl methyl sites for hydroxylation is 1. The Morgan fingerprint density at radius 1 is 1.40 bits per heavy atom. The van der Waals surface area contributed by atoms with Crippen LogP contribution in [0.3, 0.4) is 0 Å². The zero-order valence-electron chi connectivity index (χ0n) is 7.96. The van der Waals surface area contributed by atoms with Crippen molar-refractivity contribution >= 4 is 34.5 Å². The van der Waals surface area contributed by atoms with E-state index in [0.717, 1.165) is 16.9 Å². The molecule has 0 saturated heterocycles. The summed E-state index contributed by atoms with van der Waals surface area (Å²) >= 11 is 13.2. The van der Waals surface area contributed by atoms with Gasteiger partial charge in [-0.15, -0.1) is 11.3 Å². The molecule has 5 heteroatoms. The highest BCUT2D eigenvalue weighted by atomic mass is 35.5. The summed E-state index contributed by atoms with van der Waals surface area (Å²) in [5.41, 5.74) is 7.79. The maximum Gasteiger partial charge on any atom is 0.101 e. The van der Waals surface area contributed by atoms with E-state index in [4.69, 9.17) is 33.4 Å². The molecule has 0 aliphatic heterocycles. The number of rotatable bonds is 2. The van der Waals surface area contributed by atoms with Gasteiger partial charge in [-0.1, -0.05) is 23.2 Å². The lowest BCUT2D eigenvalue weighted by Gasteiger charge is -2.07. The van der Waals surface area contributed by atoms with Crippen LogP contribution in [0.15, 0.2) is 22.8 Å². The average molecular weight is 262 g/mol. The molecule has 2 rings (SSSR count). The van der Waals surface area contributed by atoms with Gasteiger partial charge in [0.1, 0.15) is 5.76 Å². The molecule has 1 atom stereocenters. The Kier molecular flexibility index (Phi) is 3.07. The lowest BCUT2D eigenvalue weighted by atomic mass is 10.1. The number of hydrogen-bond acceptors (Lipinski definition) is 3. The Morgan fingerprint density at radius 3 is 2.60 bits per heavy atom. The fourth-order valence-corrected chi connectivity index (χ4v) is 2.92. The van der Waals surface area contributed by atoms with Crippen LogP contribution in [0, 0.1) is 6.92 Å². The monoisotopic (exact) mass is 261 g/mol. The average Bonchev–Trinajstić information content (AvgIpc) is 2.71. The molecule has 0 aliphatic carbocycles. The molecule has 2 heterocycles. The molecule has 1 unspecified atom stereocenters. The minimum atomic E-state index is -0.279. The van der Waals surface area contributed by atoms with Gasteiger partial charge in [0, 0.05) is 11.1 Å². The van der Waals surface area contributed by atoms with Gasteiger partial charge >= 0.3 is 0 Å². The van der Waals surface area contributed by atoms with Gasteiger partial charge in [0.05, 0.1) is 21.0 Å². The molecular weight excluding hydrogens is 253 g/mol. The Labute approximate surface area is 102 Å². The molecule has 15 heavy (non-hydrogen) atoms. The van der Waals surface area contributed by atoms with Crippen LogP contribution in [0.4, 0.5) is 0 Å². The van der Waals surface area contributed by atoms with Crippen molar-refractivity contribution in [2.45, 2.75) is 13.0 Å². The Hall–Kier alpha value is -0.480. The summed E-state index contributed by atoms with van der Waals surface area (Å²) in [6, 6.07) is 3.41. The highest BCUT2D eigenvalue weighted by Crippen LogP contribution is 2.36. The van der Waals surface area contributed by atoms with E-state index in [2.05, 4.69) is 0 Å². The van der Waals surface area contributed by atoms with E-state index in [-0.39, 0.29) is 6.04 Å². The number of halogens is 2. The van der Waals surface area contributed by atoms with Crippen molar-refractivity contribution in [1.82, 2.24) is 0 Å². The summed E-state index contributed by atoms with van der Waals surface area (Å²) in [6.07, 6.45) is 1.64. The maximum atomic E-state index is 6.05. The van der Waals surface area contributed by atoms with E-state index in [1.807, 2.05) is 13.0 Å². The minimum absolute atomic E-state index is 0.279. The lowest BCUT2D eigenvalue weighted by molar-refractivity contribution is 0.530. The molecular formula is C10H9Cl2NOS. The predicted octanol–water partition coefficient (Wildman–Crippen LogP) is 4.00. The zero-order chi connectivity index (χ0) is 11.0. The van der Waals surface area contributed by atoms with Crippen molar-refractivity contribution in [3.05, 3.63) is 44.0 Å². The van der Waals surface area contributed by atoms with E-state index in [1.165, 1.54) is 11.3 Å². The quantitative estimate of drug-likeness (QED) is 0.888. The van der Waals surface area contributed by atoms with Gasteiger partial charge in [-0.05, 0) is 19.1 Å². The zero-order valence-corrected chi connectivity index (χ0v) is 10.3. The van der Waals surface area contributed by atoms with Crippen molar-refractivity contribution in [2.24, 2.45) is 5.73 Å². The number of furan rings is 1. The summed E-state index contributed by atoms with van der Waals surface area (Å²) in [4.78, 5) is 0. The molecule has 2 N–H and O–H groups in total. The van der Waals surface area contributed by atoms with Gasteiger partial charge in [-0.2, -0.15) is 0 Å². The van der Waals surface area contributed by atoms with Crippen molar-refractivity contribution < 1.29 is 4.42 Å². The van der Waals surface area contributed by atoms with Crippen molar-refractivity contribution in [3.63, 3.8) is 0 Å². The summed E-state index contributed by atoms with van der Waals surface area (Å²) in [5.74, 6) is 0.831. The molecule has 0 aliphatic rings. The SMILES string of the molecule is Cc1cc(C(N)c2cc(Cl)sc2Cl)co1. The molecule has 0 aromatic carbocycles. The number of nitrogens with two attached hydrogens (primary N) is 1. The first kappa shape index (κ1) is 11.0. The minimum Gasteiger partial charge on any atom is -0.469 e. The normalized spacial score (nSPS) is 13.1. The highest BCUT2D eigenvalue weighted by molar-refractivity contribution is 7.20. The molecule has 2 aromatic heterocycles. The largest absolute Gasteiger partial charge is 0.469 e. The molecule has 0 fully saturated rings. The molecule has 2 aromatic rings. The third-order valence-electron chi connectivity index (χ3n) is 2.13. The van der Waals surface area contributed by atoms with E-state index >= 15 is 0 Å². The number of thiophene rings is 1. The summed E-state index contributed by atoms with van der Waals surface area (Å²) < 4.78 is 6.48. The van der Waals surface area contributed by atoms with Gasteiger partial charge in [-0.3, -0.25) is 0 Å². The van der Waals surface area contributed by atoms with Crippen molar-refractivity contribution in [1.29, 1.82) is 0 Å².